The number of benzene rings is 1. The largest absolute Gasteiger partial charge is 0.394 e. The van der Waals surface area contributed by atoms with E-state index in [1.54, 1.807) is 0 Å². The summed E-state index contributed by atoms with van der Waals surface area (Å²) in [6.45, 7) is 2.15. The lowest BCUT2D eigenvalue weighted by molar-refractivity contribution is -0.125. The van der Waals surface area contributed by atoms with E-state index in [0.29, 0.717) is 12.3 Å². The molecule has 4 nitrogen and oxygen atoms in total. The molecule has 0 radical (unpaired) electrons. The maximum atomic E-state index is 12.3. The highest BCUT2D eigenvalue weighted by molar-refractivity contribution is 5.82. The van der Waals surface area contributed by atoms with Crippen LogP contribution in [-0.4, -0.2) is 29.2 Å². The van der Waals surface area contributed by atoms with E-state index in [0.717, 1.165) is 31.2 Å². The maximum Gasteiger partial charge on any atom is 0.237 e. The van der Waals surface area contributed by atoms with Gasteiger partial charge in [-0.15, -0.1) is 0 Å². The minimum absolute atomic E-state index is 0.0128. The second-order valence-corrected chi connectivity index (χ2v) is 6.43. The average molecular weight is 290 g/mol. The summed E-state index contributed by atoms with van der Waals surface area (Å²) in [6.07, 6.45) is 4.37. The first kappa shape index (κ1) is 16.0. The monoisotopic (exact) mass is 290 g/mol. The van der Waals surface area contributed by atoms with Crippen molar-refractivity contribution in [2.24, 2.45) is 11.7 Å². The minimum atomic E-state index is -0.576. The Morgan fingerprint density at radius 3 is 2.81 bits per heavy atom. The Morgan fingerprint density at radius 1 is 1.48 bits per heavy atom. The highest BCUT2D eigenvalue weighted by atomic mass is 16.3. The lowest BCUT2D eigenvalue weighted by atomic mass is 9.76. The van der Waals surface area contributed by atoms with Crippen LogP contribution in [0.15, 0.2) is 30.3 Å². The predicted octanol–water partition coefficient (Wildman–Crippen LogP) is 1.61. The Kier molecular flexibility index (Phi) is 5.37. The molecule has 2 rings (SSSR count). The Bertz CT molecular complexity index is 463. The molecule has 1 amide bonds. The molecule has 0 spiro atoms. The van der Waals surface area contributed by atoms with Gasteiger partial charge in [-0.3, -0.25) is 4.79 Å². The molecular formula is C17H26N2O2. The van der Waals surface area contributed by atoms with Crippen LogP contribution in [0.2, 0.25) is 0 Å². The fraction of sp³-hybridized carbons (Fsp3) is 0.588. The molecule has 0 saturated heterocycles. The van der Waals surface area contributed by atoms with Crippen molar-refractivity contribution in [2.75, 3.05) is 6.61 Å². The Balaban J connectivity index is 1.95. The van der Waals surface area contributed by atoms with E-state index in [2.05, 4.69) is 12.2 Å². The molecule has 0 aromatic heterocycles. The van der Waals surface area contributed by atoms with E-state index < -0.39 is 11.6 Å². The SMILES string of the molecule is CC1CCCC(CO)(NC(=O)C(N)Cc2ccccc2)C1. The molecule has 4 N–H and O–H groups in total. The van der Waals surface area contributed by atoms with E-state index in [1.807, 2.05) is 30.3 Å². The number of hydrogen-bond donors (Lipinski definition) is 3. The molecule has 116 valence electrons. The molecule has 21 heavy (non-hydrogen) atoms. The van der Waals surface area contributed by atoms with Crippen LogP contribution < -0.4 is 11.1 Å². The number of aliphatic hydroxyl groups excluding tert-OH is 1. The van der Waals surface area contributed by atoms with Gasteiger partial charge in [0.25, 0.3) is 0 Å². The highest BCUT2D eigenvalue weighted by Crippen LogP contribution is 2.32. The van der Waals surface area contributed by atoms with Crippen LogP contribution in [0.3, 0.4) is 0 Å². The van der Waals surface area contributed by atoms with Gasteiger partial charge in [-0.25, -0.2) is 0 Å². The number of rotatable bonds is 5. The van der Waals surface area contributed by atoms with Crippen LogP contribution in [-0.2, 0) is 11.2 Å². The quantitative estimate of drug-likeness (QED) is 0.771. The van der Waals surface area contributed by atoms with Gasteiger partial charge in [0, 0.05) is 0 Å². The summed E-state index contributed by atoms with van der Waals surface area (Å²) in [7, 11) is 0. The molecule has 1 fully saturated rings. The molecule has 0 aliphatic heterocycles. The molecule has 3 atom stereocenters. The first-order valence-electron chi connectivity index (χ1n) is 7.77. The number of hydrogen-bond acceptors (Lipinski definition) is 3. The van der Waals surface area contributed by atoms with E-state index >= 15 is 0 Å². The number of nitrogens with one attached hydrogen (secondary N) is 1. The van der Waals surface area contributed by atoms with Crippen molar-refractivity contribution in [1.29, 1.82) is 0 Å². The van der Waals surface area contributed by atoms with Gasteiger partial charge in [0.1, 0.15) is 0 Å². The van der Waals surface area contributed by atoms with Gasteiger partial charge in [0.15, 0.2) is 0 Å². The van der Waals surface area contributed by atoms with Gasteiger partial charge in [0.2, 0.25) is 5.91 Å². The van der Waals surface area contributed by atoms with Gasteiger partial charge in [-0.05, 0) is 30.7 Å². The molecule has 4 heteroatoms. The highest BCUT2D eigenvalue weighted by Gasteiger charge is 2.36. The Morgan fingerprint density at radius 2 is 2.19 bits per heavy atom. The topological polar surface area (TPSA) is 75.3 Å². The predicted molar refractivity (Wildman–Crippen MR) is 83.7 cm³/mol. The van der Waals surface area contributed by atoms with Crippen LogP contribution in [0.25, 0.3) is 0 Å². The minimum Gasteiger partial charge on any atom is -0.394 e. The number of carbonyl (C=O) groups is 1. The molecule has 3 unspecified atom stereocenters. The molecule has 1 aromatic rings. The van der Waals surface area contributed by atoms with Crippen molar-refractivity contribution < 1.29 is 9.90 Å². The average Bonchev–Trinajstić information content (AvgIpc) is 2.48. The van der Waals surface area contributed by atoms with Gasteiger partial charge >= 0.3 is 0 Å². The van der Waals surface area contributed by atoms with Crippen LogP contribution in [0.5, 0.6) is 0 Å². The fourth-order valence-corrected chi connectivity index (χ4v) is 3.27. The molecule has 1 aliphatic carbocycles. The van der Waals surface area contributed by atoms with E-state index in [4.69, 9.17) is 5.73 Å². The second-order valence-electron chi connectivity index (χ2n) is 6.43. The molecular weight excluding hydrogens is 264 g/mol. The maximum absolute atomic E-state index is 12.3. The lowest BCUT2D eigenvalue weighted by Gasteiger charge is -2.40. The number of aliphatic hydroxyl groups is 1. The lowest BCUT2D eigenvalue weighted by Crippen LogP contribution is -2.58. The third-order valence-corrected chi connectivity index (χ3v) is 4.42. The van der Waals surface area contributed by atoms with Crippen molar-refractivity contribution in [3.05, 3.63) is 35.9 Å². The zero-order chi connectivity index (χ0) is 15.3. The summed E-state index contributed by atoms with van der Waals surface area (Å²) in [4.78, 5) is 12.3. The Hall–Kier alpha value is -1.39. The van der Waals surface area contributed by atoms with Crippen molar-refractivity contribution >= 4 is 5.91 Å². The fourth-order valence-electron chi connectivity index (χ4n) is 3.27. The molecule has 1 aliphatic rings. The van der Waals surface area contributed by atoms with Crippen molar-refractivity contribution in [3.63, 3.8) is 0 Å². The van der Waals surface area contributed by atoms with E-state index in [1.165, 1.54) is 0 Å². The third kappa shape index (κ3) is 4.29. The summed E-state index contributed by atoms with van der Waals surface area (Å²) < 4.78 is 0. The van der Waals surface area contributed by atoms with Gasteiger partial charge in [-0.1, -0.05) is 50.1 Å². The molecule has 0 bridgehead atoms. The van der Waals surface area contributed by atoms with Crippen molar-refractivity contribution in [3.8, 4) is 0 Å². The van der Waals surface area contributed by atoms with E-state index in [-0.39, 0.29) is 12.5 Å². The molecule has 0 heterocycles. The smallest absolute Gasteiger partial charge is 0.237 e. The van der Waals surface area contributed by atoms with Gasteiger partial charge in [0.05, 0.1) is 18.2 Å². The molecule has 1 saturated carbocycles. The third-order valence-electron chi connectivity index (χ3n) is 4.42. The van der Waals surface area contributed by atoms with Crippen molar-refractivity contribution in [2.45, 2.75) is 50.6 Å². The number of carbonyl (C=O) groups excluding carboxylic acids is 1. The van der Waals surface area contributed by atoms with Crippen LogP contribution in [0.1, 0.15) is 38.2 Å². The second kappa shape index (κ2) is 7.05. The van der Waals surface area contributed by atoms with Gasteiger partial charge < -0.3 is 16.2 Å². The van der Waals surface area contributed by atoms with Crippen molar-refractivity contribution in [1.82, 2.24) is 5.32 Å². The van der Waals surface area contributed by atoms with Crippen LogP contribution in [0.4, 0.5) is 0 Å². The summed E-state index contributed by atoms with van der Waals surface area (Å²) >= 11 is 0. The first-order valence-corrected chi connectivity index (χ1v) is 7.77. The van der Waals surface area contributed by atoms with Gasteiger partial charge in [-0.2, -0.15) is 0 Å². The Labute approximate surface area is 126 Å². The summed E-state index contributed by atoms with van der Waals surface area (Å²) in [5, 5.41) is 12.7. The van der Waals surface area contributed by atoms with E-state index in [9.17, 15) is 9.90 Å². The molecule has 1 aromatic carbocycles. The standard InChI is InChI=1S/C17H26N2O2/c1-13-6-5-9-17(11-13,12-20)19-16(21)15(18)10-14-7-3-2-4-8-14/h2-4,7-8,13,15,20H,5-6,9-12,18H2,1H3,(H,19,21). The first-order chi connectivity index (χ1) is 10.0. The summed E-state index contributed by atoms with van der Waals surface area (Å²) in [5.74, 6) is 0.360. The number of amides is 1. The summed E-state index contributed by atoms with van der Waals surface area (Å²) in [6, 6.07) is 9.19. The number of nitrogens with two attached hydrogens (primary N) is 1. The normalized spacial score (nSPS) is 27.1. The zero-order valence-electron chi connectivity index (χ0n) is 12.7. The van der Waals surface area contributed by atoms with Crippen LogP contribution in [0, 0.1) is 5.92 Å². The van der Waals surface area contributed by atoms with Crippen LogP contribution >= 0.6 is 0 Å². The zero-order valence-corrected chi connectivity index (χ0v) is 12.7. The summed E-state index contributed by atoms with van der Waals surface area (Å²) in [5.41, 5.74) is 6.59.